The van der Waals surface area contributed by atoms with Crippen LogP contribution >= 0.6 is 0 Å². The van der Waals surface area contributed by atoms with E-state index in [4.69, 9.17) is 0 Å². The van der Waals surface area contributed by atoms with Gasteiger partial charge in [-0.3, -0.25) is 0 Å². The molecule has 0 heteroatoms. The molecule has 0 saturated heterocycles. The second kappa shape index (κ2) is 12.7. The van der Waals surface area contributed by atoms with Crippen LogP contribution in [0.1, 0.15) is 38.8 Å². The molecule has 0 N–H and O–H groups in total. The summed E-state index contributed by atoms with van der Waals surface area (Å²) in [5.41, 5.74) is 11.4. The first-order chi connectivity index (χ1) is 18.0. The van der Waals surface area contributed by atoms with Gasteiger partial charge < -0.3 is 0 Å². The van der Waals surface area contributed by atoms with Gasteiger partial charge in [-0.1, -0.05) is 153 Å². The molecular weight excluding hydrogens is 444 g/mol. The number of hydrogen-bond donors (Lipinski definition) is 0. The van der Waals surface area contributed by atoms with Crippen molar-refractivity contribution in [1.29, 1.82) is 0 Å². The second-order valence-electron chi connectivity index (χ2n) is 9.73. The maximum Gasteiger partial charge on any atom is -0.0103 e. The Morgan fingerprint density at radius 2 is 1.08 bits per heavy atom. The molecule has 2 aliphatic rings. The molecule has 37 heavy (non-hydrogen) atoms. The Bertz CT molecular complexity index is 1400. The van der Waals surface area contributed by atoms with Crippen molar-refractivity contribution in [2.24, 2.45) is 5.92 Å². The van der Waals surface area contributed by atoms with Crippen molar-refractivity contribution < 1.29 is 0 Å². The lowest BCUT2D eigenvalue weighted by molar-refractivity contribution is 0.791. The SMILES string of the molecule is CC1=CC=C(C(C)C)C=C2C(/C=C/C=C/c3ccccc3)=CC=C(/C=C/C=C/c3ccccc3)C(C)=C12. The number of rotatable bonds is 7. The van der Waals surface area contributed by atoms with Crippen LogP contribution in [-0.4, -0.2) is 0 Å². The molecule has 0 nitrogen and oxygen atoms in total. The fraction of sp³-hybridized carbons (Fsp3) is 0.135. The summed E-state index contributed by atoms with van der Waals surface area (Å²) in [6, 6.07) is 20.8. The van der Waals surface area contributed by atoms with E-state index in [1.165, 1.54) is 50.1 Å². The quantitative estimate of drug-likeness (QED) is 0.346. The Kier molecular flexibility index (Phi) is 8.89. The molecular formula is C37H36. The average Bonchev–Trinajstić information content (AvgIpc) is 3.16. The molecule has 0 fully saturated rings. The molecule has 0 saturated carbocycles. The molecule has 0 amide bonds. The molecule has 2 aromatic rings. The van der Waals surface area contributed by atoms with Gasteiger partial charge in [0.2, 0.25) is 0 Å². The smallest absolute Gasteiger partial charge is 0.0103 e. The van der Waals surface area contributed by atoms with Gasteiger partial charge in [0, 0.05) is 0 Å². The zero-order valence-electron chi connectivity index (χ0n) is 22.4. The summed E-state index contributed by atoms with van der Waals surface area (Å²) in [6.07, 6.45) is 28.7. The summed E-state index contributed by atoms with van der Waals surface area (Å²) in [4.78, 5) is 0. The lowest BCUT2D eigenvalue weighted by atomic mass is 9.87. The molecule has 0 aliphatic heterocycles. The molecule has 0 heterocycles. The highest BCUT2D eigenvalue weighted by Crippen LogP contribution is 2.38. The normalized spacial score (nSPS) is 16.6. The average molecular weight is 481 g/mol. The first-order valence-electron chi connectivity index (χ1n) is 13.1. The Balaban J connectivity index is 1.70. The molecule has 0 radical (unpaired) electrons. The lowest BCUT2D eigenvalue weighted by Crippen LogP contribution is -1.99. The van der Waals surface area contributed by atoms with Crippen LogP contribution in [0.3, 0.4) is 0 Å². The van der Waals surface area contributed by atoms with E-state index < -0.39 is 0 Å². The Morgan fingerprint density at radius 3 is 1.65 bits per heavy atom. The van der Waals surface area contributed by atoms with Gasteiger partial charge in [0.25, 0.3) is 0 Å². The van der Waals surface area contributed by atoms with Crippen molar-refractivity contribution in [3.05, 3.63) is 178 Å². The van der Waals surface area contributed by atoms with Crippen LogP contribution in [0.5, 0.6) is 0 Å². The van der Waals surface area contributed by atoms with E-state index in [0.29, 0.717) is 5.92 Å². The monoisotopic (exact) mass is 480 g/mol. The van der Waals surface area contributed by atoms with Crippen molar-refractivity contribution in [2.75, 3.05) is 0 Å². The first kappa shape index (κ1) is 25.9. The van der Waals surface area contributed by atoms with Crippen molar-refractivity contribution in [3.63, 3.8) is 0 Å². The van der Waals surface area contributed by atoms with Crippen LogP contribution in [0, 0.1) is 5.92 Å². The third-order valence-corrected chi connectivity index (χ3v) is 6.68. The van der Waals surface area contributed by atoms with Gasteiger partial charge in [-0.2, -0.15) is 0 Å². The highest BCUT2D eigenvalue weighted by molar-refractivity contribution is 5.70. The fourth-order valence-electron chi connectivity index (χ4n) is 4.53. The molecule has 2 aromatic carbocycles. The summed E-state index contributed by atoms with van der Waals surface area (Å²) in [5.74, 6) is 0.457. The zero-order valence-corrected chi connectivity index (χ0v) is 22.4. The predicted molar refractivity (Wildman–Crippen MR) is 163 cm³/mol. The van der Waals surface area contributed by atoms with Crippen LogP contribution in [0.25, 0.3) is 12.2 Å². The predicted octanol–water partition coefficient (Wildman–Crippen LogP) is 10.2. The van der Waals surface area contributed by atoms with Crippen LogP contribution in [0.15, 0.2) is 167 Å². The Morgan fingerprint density at radius 1 is 0.568 bits per heavy atom. The third kappa shape index (κ3) is 6.96. The highest BCUT2D eigenvalue weighted by Gasteiger charge is 2.20. The highest BCUT2D eigenvalue weighted by atomic mass is 14.2. The van der Waals surface area contributed by atoms with E-state index in [2.05, 4.69) is 155 Å². The van der Waals surface area contributed by atoms with Crippen LogP contribution in [0.2, 0.25) is 0 Å². The topological polar surface area (TPSA) is 0 Å². The summed E-state index contributed by atoms with van der Waals surface area (Å²) in [7, 11) is 0. The summed E-state index contributed by atoms with van der Waals surface area (Å²) in [6.45, 7) is 8.99. The van der Waals surface area contributed by atoms with Crippen molar-refractivity contribution >= 4 is 12.2 Å². The maximum absolute atomic E-state index is 2.38. The van der Waals surface area contributed by atoms with E-state index in [-0.39, 0.29) is 0 Å². The molecule has 0 atom stereocenters. The van der Waals surface area contributed by atoms with Gasteiger partial charge in [0.15, 0.2) is 0 Å². The van der Waals surface area contributed by atoms with Gasteiger partial charge in [-0.25, -0.2) is 0 Å². The molecule has 2 aliphatic carbocycles. The number of fused-ring (bicyclic) bond motifs is 1. The first-order valence-corrected chi connectivity index (χ1v) is 13.1. The zero-order chi connectivity index (χ0) is 26.0. The van der Waals surface area contributed by atoms with E-state index in [9.17, 15) is 0 Å². The standard InChI is InChI=1S/C37H36/c1-28(2)35-24-23-29(3)37-30(4)33(21-13-11-19-31-15-7-5-8-16-31)25-26-34(36(37)27-35)22-14-12-20-32-17-9-6-10-18-32/h5-28H,1-4H3/b19-11+,20-12+,21-13+,22-14+. The van der Waals surface area contributed by atoms with Gasteiger partial charge in [-0.05, 0) is 69.9 Å². The second-order valence-corrected chi connectivity index (χ2v) is 9.73. The van der Waals surface area contributed by atoms with Crippen LogP contribution < -0.4 is 0 Å². The van der Waals surface area contributed by atoms with E-state index in [0.717, 1.165) is 0 Å². The molecule has 4 rings (SSSR count). The van der Waals surface area contributed by atoms with Gasteiger partial charge in [0.1, 0.15) is 0 Å². The number of allylic oxidation sites excluding steroid dienone is 18. The van der Waals surface area contributed by atoms with Crippen molar-refractivity contribution in [3.8, 4) is 0 Å². The summed E-state index contributed by atoms with van der Waals surface area (Å²) < 4.78 is 0. The van der Waals surface area contributed by atoms with Crippen molar-refractivity contribution in [1.82, 2.24) is 0 Å². The lowest BCUT2D eigenvalue weighted by Gasteiger charge is -2.17. The van der Waals surface area contributed by atoms with E-state index in [1.807, 2.05) is 12.1 Å². The fourth-order valence-corrected chi connectivity index (χ4v) is 4.53. The van der Waals surface area contributed by atoms with Crippen LogP contribution in [0.4, 0.5) is 0 Å². The minimum absolute atomic E-state index is 0.457. The number of hydrogen-bond acceptors (Lipinski definition) is 0. The molecule has 0 unspecified atom stereocenters. The minimum Gasteiger partial charge on any atom is -0.0622 e. The summed E-state index contributed by atoms with van der Waals surface area (Å²) in [5, 5.41) is 0. The number of benzene rings is 2. The Hall–Kier alpha value is -4.16. The Labute approximate surface area is 223 Å². The molecule has 0 spiro atoms. The van der Waals surface area contributed by atoms with Crippen molar-refractivity contribution in [2.45, 2.75) is 27.7 Å². The molecule has 0 aromatic heterocycles. The van der Waals surface area contributed by atoms with Gasteiger partial charge in [0.05, 0.1) is 0 Å². The largest absolute Gasteiger partial charge is 0.0622 e. The molecule has 184 valence electrons. The van der Waals surface area contributed by atoms with Gasteiger partial charge in [-0.15, -0.1) is 0 Å². The van der Waals surface area contributed by atoms with E-state index in [1.54, 1.807) is 0 Å². The minimum atomic E-state index is 0.457. The maximum atomic E-state index is 2.38. The summed E-state index contributed by atoms with van der Waals surface area (Å²) >= 11 is 0. The van der Waals surface area contributed by atoms with E-state index >= 15 is 0 Å². The van der Waals surface area contributed by atoms with Gasteiger partial charge >= 0.3 is 0 Å². The molecule has 0 bridgehead atoms. The van der Waals surface area contributed by atoms with Crippen LogP contribution in [-0.2, 0) is 0 Å². The third-order valence-electron chi connectivity index (χ3n) is 6.68.